The van der Waals surface area contributed by atoms with E-state index >= 15 is 0 Å². The van der Waals surface area contributed by atoms with Crippen LogP contribution < -0.4 is 16.0 Å². The van der Waals surface area contributed by atoms with Gasteiger partial charge in [0.1, 0.15) is 0 Å². The van der Waals surface area contributed by atoms with Crippen LogP contribution in [0.4, 0.5) is 17.1 Å². The fraction of sp³-hybridized carbons (Fsp3) is 0.130. The van der Waals surface area contributed by atoms with E-state index in [1.54, 1.807) is 24.3 Å². The highest BCUT2D eigenvalue weighted by Crippen LogP contribution is 2.16. The molecule has 3 aromatic rings. The number of nitrogens with one attached hydrogen (secondary N) is 3. The summed E-state index contributed by atoms with van der Waals surface area (Å²) in [6.07, 6.45) is 1.09. The lowest BCUT2D eigenvalue weighted by Gasteiger charge is -2.10. The molecule has 3 aromatic carbocycles. The van der Waals surface area contributed by atoms with Crippen molar-refractivity contribution in [2.45, 2.75) is 12.8 Å². The molecule has 0 saturated carbocycles. The summed E-state index contributed by atoms with van der Waals surface area (Å²) in [4.78, 5) is 24.3. The SMILES string of the molecule is O=C(CCc1ccccc1)Nc1cccc(NC(=O)CNc2ccccc2)c1. The van der Waals surface area contributed by atoms with Gasteiger partial charge in [0.2, 0.25) is 11.8 Å². The van der Waals surface area contributed by atoms with E-state index in [9.17, 15) is 9.59 Å². The first-order valence-corrected chi connectivity index (χ1v) is 9.22. The zero-order valence-corrected chi connectivity index (χ0v) is 15.5. The lowest BCUT2D eigenvalue weighted by atomic mass is 10.1. The van der Waals surface area contributed by atoms with Gasteiger partial charge in [0.05, 0.1) is 6.54 Å². The Morgan fingerprint density at radius 2 is 1.21 bits per heavy atom. The normalized spacial score (nSPS) is 10.1. The van der Waals surface area contributed by atoms with Crippen LogP contribution in [0.3, 0.4) is 0 Å². The molecule has 0 fully saturated rings. The molecule has 2 amide bonds. The van der Waals surface area contributed by atoms with Crippen LogP contribution in [0.2, 0.25) is 0 Å². The summed E-state index contributed by atoms with van der Waals surface area (Å²) in [5.41, 5.74) is 3.31. The molecule has 0 aliphatic heterocycles. The number of para-hydroxylation sites is 1. The smallest absolute Gasteiger partial charge is 0.243 e. The van der Waals surface area contributed by atoms with Crippen LogP contribution in [-0.2, 0) is 16.0 Å². The zero-order chi connectivity index (χ0) is 19.6. The summed E-state index contributed by atoms with van der Waals surface area (Å²) in [7, 11) is 0. The van der Waals surface area contributed by atoms with Crippen molar-refractivity contribution < 1.29 is 9.59 Å². The first-order chi connectivity index (χ1) is 13.7. The Hall–Kier alpha value is -3.60. The molecule has 28 heavy (non-hydrogen) atoms. The summed E-state index contributed by atoms with van der Waals surface area (Å²) in [6, 6.07) is 26.6. The van der Waals surface area contributed by atoms with Gasteiger partial charge in [0, 0.05) is 23.5 Å². The van der Waals surface area contributed by atoms with Gasteiger partial charge in [0.25, 0.3) is 0 Å². The minimum Gasteiger partial charge on any atom is -0.376 e. The van der Waals surface area contributed by atoms with Crippen LogP contribution in [0, 0.1) is 0 Å². The molecule has 0 heterocycles. The predicted molar refractivity (Wildman–Crippen MR) is 113 cm³/mol. The molecule has 0 aliphatic carbocycles. The largest absolute Gasteiger partial charge is 0.376 e. The van der Waals surface area contributed by atoms with Crippen molar-refractivity contribution in [3.05, 3.63) is 90.5 Å². The van der Waals surface area contributed by atoms with E-state index in [1.807, 2.05) is 60.7 Å². The highest BCUT2D eigenvalue weighted by molar-refractivity contribution is 5.95. The van der Waals surface area contributed by atoms with Crippen molar-refractivity contribution in [1.29, 1.82) is 0 Å². The lowest BCUT2D eigenvalue weighted by Crippen LogP contribution is -2.21. The number of carbonyl (C=O) groups is 2. The molecule has 0 atom stereocenters. The Balaban J connectivity index is 1.47. The molecule has 0 radical (unpaired) electrons. The summed E-state index contributed by atoms with van der Waals surface area (Å²) in [6.45, 7) is 0.164. The van der Waals surface area contributed by atoms with E-state index < -0.39 is 0 Å². The molecule has 0 saturated heterocycles. The fourth-order valence-corrected chi connectivity index (χ4v) is 2.74. The number of anilines is 3. The number of benzene rings is 3. The fourth-order valence-electron chi connectivity index (χ4n) is 2.74. The first-order valence-electron chi connectivity index (χ1n) is 9.22. The topological polar surface area (TPSA) is 70.2 Å². The maximum absolute atomic E-state index is 12.2. The average molecular weight is 373 g/mol. The van der Waals surface area contributed by atoms with E-state index in [1.165, 1.54) is 0 Å². The van der Waals surface area contributed by atoms with Crippen molar-refractivity contribution in [2.24, 2.45) is 0 Å². The Labute approximate surface area is 164 Å². The van der Waals surface area contributed by atoms with Crippen molar-refractivity contribution in [3.63, 3.8) is 0 Å². The molecule has 0 bridgehead atoms. The Morgan fingerprint density at radius 3 is 1.89 bits per heavy atom. The highest BCUT2D eigenvalue weighted by atomic mass is 16.2. The maximum atomic E-state index is 12.2. The van der Waals surface area contributed by atoms with Crippen molar-refractivity contribution in [3.8, 4) is 0 Å². The molecule has 0 spiro atoms. The third-order valence-electron chi connectivity index (χ3n) is 4.14. The van der Waals surface area contributed by atoms with Crippen molar-refractivity contribution in [1.82, 2.24) is 0 Å². The molecular weight excluding hydrogens is 350 g/mol. The number of aryl methyl sites for hydroxylation is 1. The second kappa shape index (κ2) is 9.92. The van der Waals surface area contributed by atoms with Gasteiger partial charge >= 0.3 is 0 Å². The molecule has 0 aromatic heterocycles. The van der Waals surface area contributed by atoms with Crippen LogP contribution in [0.25, 0.3) is 0 Å². The monoisotopic (exact) mass is 373 g/mol. The number of amides is 2. The molecule has 0 aliphatic rings. The van der Waals surface area contributed by atoms with Crippen LogP contribution in [0.15, 0.2) is 84.9 Å². The number of carbonyl (C=O) groups excluding carboxylic acids is 2. The van der Waals surface area contributed by atoms with Crippen LogP contribution in [0.5, 0.6) is 0 Å². The maximum Gasteiger partial charge on any atom is 0.243 e. The second-order valence-corrected chi connectivity index (χ2v) is 6.38. The number of hydrogen-bond donors (Lipinski definition) is 3. The molecular formula is C23H23N3O2. The Morgan fingerprint density at radius 1 is 0.643 bits per heavy atom. The Kier molecular flexibility index (Phi) is 6.79. The Bertz CT molecular complexity index is 839. The molecule has 5 nitrogen and oxygen atoms in total. The van der Waals surface area contributed by atoms with E-state index in [-0.39, 0.29) is 18.4 Å². The van der Waals surface area contributed by atoms with Crippen molar-refractivity contribution in [2.75, 3.05) is 22.5 Å². The lowest BCUT2D eigenvalue weighted by molar-refractivity contribution is -0.116. The number of rotatable bonds is 8. The first kappa shape index (κ1) is 19.2. The molecule has 5 heteroatoms. The quantitative estimate of drug-likeness (QED) is 0.551. The third kappa shape index (κ3) is 6.29. The van der Waals surface area contributed by atoms with Crippen LogP contribution in [-0.4, -0.2) is 18.4 Å². The minimum atomic E-state index is -0.156. The van der Waals surface area contributed by atoms with Gasteiger partial charge in [0.15, 0.2) is 0 Å². The molecule has 3 rings (SSSR count). The van der Waals surface area contributed by atoms with Crippen LogP contribution >= 0.6 is 0 Å². The van der Waals surface area contributed by atoms with Gasteiger partial charge in [-0.25, -0.2) is 0 Å². The molecule has 0 unspecified atom stereocenters. The predicted octanol–water partition coefficient (Wildman–Crippen LogP) is 4.31. The van der Waals surface area contributed by atoms with E-state index in [0.29, 0.717) is 24.2 Å². The van der Waals surface area contributed by atoms with Gasteiger partial charge in [-0.05, 0) is 42.3 Å². The molecule has 3 N–H and O–H groups in total. The van der Waals surface area contributed by atoms with E-state index in [0.717, 1.165) is 11.3 Å². The summed E-state index contributed by atoms with van der Waals surface area (Å²) in [5, 5.41) is 8.77. The standard InChI is InChI=1S/C23H23N3O2/c27-22(15-14-18-8-3-1-4-9-18)25-20-12-7-13-21(16-20)26-23(28)17-24-19-10-5-2-6-11-19/h1-13,16,24H,14-15,17H2,(H,25,27)(H,26,28). The van der Waals surface area contributed by atoms with Crippen LogP contribution in [0.1, 0.15) is 12.0 Å². The van der Waals surface area contributed by atoms with Gasteiger partial charge < -0.3 is 16.0 Å². The van der Waals surface area contributed by atoms with Gasteiger partial charge in [-0.15, -0.1) is 0 Å². The van der Waals surface area contributed by atoms with Crippen molar-refractivity contribution >= 4 is 28.9 Å². The third-order valence-corrected chi connectivity index (χ3v) is 4.14. The second-order valence-electron chi connectivity index (χ2n) is 6.38. The minimum absolute atomic E-state index is 0.0573. The average Bonchev–Trinajstić information content (AvgIpc) is 2.72. The zero-order valence-electron chi connectivity index (χ0n) is 15.5. The summed E-state index contributed by atoms with van der Waals surface area (Å²) >= 11 is 0. The van der Waals surface area contributed by atoms with Gasteiger partial charge in [-0.3, -0.25) is 9.59 Å². The summed E-state index contributed by atoms with van der Waals surface area (Å²) in [5.74, 6) is -0.213. The number of hydrogen-bond acceptors (Lipinski definition) is 3. The highest BCUT2D eigenvalue weighted by Gasteiger charge is 2.06. The van der Waals surface area contributed by atoms with E-state index in [2.05, 4.69) is 16.0 Å². The summed E-state index contributed by atoms with van der Waals surface area (Å²) < 4.78 is 0. The molecule has 142 valence electrons. The van der Waals surface area contributed by atoms with Gasteiger partial charge in [-0.1, -0.05) is 54.6 Å². The van der Waals surface area contributed by atoms with E-state index in [4.69, 9.17) is 0 Å². The van der Waals surface area contributed by atoms with Gasteiger partial charge in [-0.2, -0.15) is 0 Å².